The Morgan fingerprint density at radius 3 is 2.25 bits per heavy atom. The van der Waals surface area contributed by atoms with Crippen LogP contribution in [0.25, 0.3) is 0 Å². The number of rotatable bonds is 6. The summed E-state index contributed by atoms with van der Waals surface area (Å²) in [7, 11) is 0. The van der Waals surface area contributed by atoms with Crippen molar-refractivity contribution in [3.63, 3.8) is 0 Å². The molecule has 0 radical (unpaired) electrons. The molecule has 0 aromatic heterocycles. The van der Waals surface area contributed by atoms with Crippen LogP contribution in [0.4, 0.5) is 0 Å². The standard InChI is InChI=1S/C19H31N/c1-15(2)14-16(3)20-19(17-10-6-4-7-11-17)18-12-8-5-9-13-18/h4,6-7,10-11,15-16,18-20H,5,8-9,12-14H2,1-3H3. The van der Waals surface area contributed by atoms with Crippen LogP contribution < -0.4 is 5.32 Å². The van der Waals surface area contributed by atoms with Crippen LogP contribution in [-0.2, 0) is 0 Å². The predicted octanol–water partition coefficient (Wildman–Crippen LogP) is 5.33. The molecular weight excluding hydrogens is 242 g/mol. The van der Waals surface area contributed by atoms with Crippen LogP contribution >= 0.6 is 0 Å². The molecule has 0 bridgehead atoms. The Bertz CT molecular complexity index is 365. The Morgan fingerprint density at radius 1 is 1.00 bits per heavy atom. The second kappa shape index (κ2) is 7.83. The van der Waals surface area contributed by atoms with Gasteiger partial charge >= 0.3 is 0 Å². The quantitative estimate of drug-likeness (QED) is 0.738. The van der Waals surface area contributed by atoms with Crippen LogP contribution in [-0.4, -0.2) is 6.04 Å². The summed E-state index contributed by atoms with van der Waals surface area (Å²) in [6.45, 7) is 6.98. The molecule has 1 aliphatic carbocycles. The summed E-state index contributed by atoms with van der Waals surface area (Å²) in [5.41, 5.74) is 1.48. The smallest absolute Gasteiger partial charge is 0.0350 e. The molecule has 0 aliphatic heterocycles. The van der Waals surface area contributed by atoms with Crippen molar-refractivity contribution in [1.82, 2.24) is 5.32 Å². The molecule has 2 atom stereocenters. The van der Waals surface area contributed by atoms with Crippen LogP contribution in [0, 0.1) is 11.8 Å². The Balaban J connectivity index is 2.07. The Morgan fingerprint density at radius 2 is 1.65 bits per heavy atom. The molecule has 2 rings (SSSR count). The molecule has 112 valence electrons. The highest BCUT2D eigenvalue weighted by Crippen LogP contribution is 2.35. The second-order valence-electron chi connectivity index (χ2n) is 6.98. The molecule has 1 N–H and O–H groups in total. The van der Waals surface area contributed by atoms with Gasteiger partial charge in [0.15, 0.2) is 0 Å². The Kier molecular flexibility index (Phi) is 6.09. The lowest BCUT2D eigenvalue weighted by Crippen LogP contribution is -2.36. The number of benzene rings is 1. The molecule has 1 aromatic rings. The van der Waals surface area contributed by atoms with Gasteiger partial charge in [-0.1, -0.05) is 63.4 Å². The fourth-order valence-electron chi connectivity index (χ4n) is 3.71. The first-order valence-corrected chi connectivity index (χ1v) is 8.48. The lowest BCUT2D eigenvalue weighted by molar-refractivity contribution is 0.248. The highest BCUT2D eigenvalue weighted by Gasteiger charge is 2.26. The third-order valence-electron chi connectivity index (χ3n) is 4.57. The van der Waals surface area contributed by atoms with Crippen molar-refractivity contribution >= 4 is 0 Å². The van der Waals surface area contributed by atoms with Gasteiger partial charge in [-0.3, -0.25) is 0 Å². The van der Waals surface area contributed by atoms with E-state index in [9.17, 15) is 0 Å². The zero-order valence-corrected chi connectivity index (χ0v) is 13.4. The second-order valence-corrected chi connectivity index (χ2v) is 6.98. The van der Waals surface area contributed by atoms with Gasteiger partial charge < -0.3 is 5.32 Å². The first-order valence-electron chi connectivity index (χ1n) is 8.48. The van der Waals surface area contributed by atoms with Gasteiger partial charge in [-0.15, -0.1) is 0 Å². The third kappa shape index (κ3) is 4.63. The van der Waals surface area contributed by atoms with Crippen molar-refractivity contribution in [2.75, 3.05) is 0 Å². The summed E-state index contributed by atoms with van der Waals surface area (Å²) in [6.07, 6.45) is 8.29. The molecular formula is C19H31N. The molecule has 1 heteroatoms. The van der Waals surface area contributed by atoms with Crippen LogP contribution in [0.1, 0.15) is 70.9 Å². The van der Waals surface area contributed by atoms with Crippen molar-refractivity contribution in [2.45, 2.75) is 71.4 Å². The molecule has 0 spiro atoms. The van der Waals surface area contributed by atoms with Gasteiger partial charge in [0.1, 0.15) is 0 Å². The lowest BCUT2D eigenvalue weighted by Gasteiger charge is -2.34. The predicted molar refractivity (Wildman–Crippen MR) is 87.8 cm³/mol. The molecule has 1 fully saturated rings. The summed E-state index contributed by atoms with van der Waals surface area (Å²) < 4.78 is 0. The monoisotopic (exact) mass is 273 g/mol. The minimum absolute atomic E-state index is 0.547. The SMILES string of the molecule is CC(C)CC(C)NC(c1ccccc1)C1CCCCC1. The van der Waals surface area contributed by atoms with Gasteiger partial charge in [-0.2, -0.15) is 0 Å². The van der Waals surface area contributed by atoms with E-state index in [4.69, 9.17) is 0 Å². The zero-order chi connectivity index (χ0) is 14.4. The first-order chi connectivity index (χ1) is 9.66. The molecule has 1 aliphatic rings. The summed E-state index contributed by atoms with van der Waals surface area (Å²) in [5.74, 6) is 1.58. The van der Waals surface area contributed by atoms with Crippen LogP contribution in [0.2, 0.25) is 0 Å². The van der Waals surface area contributed by atoms with E-state index >= 15 is 0 Å². The van der Waals surface area contributed by atoms with Crippen molar-refractivity contribution in [3.05, 3.63) is 35.9 Å². The third-order valence-corrected chi connectivity index (χ3v) is 4.57. The largest absolute Gasteiger partial charge is 0.307 e. The average Bonchev–Trinajstić information content (AvgIpc) is 2.46. The highest BCUT2D eigenvalue weighted by molar-refractivity contribution is 5.20. The first kappa shape index (κ1) is 15.6. The van der Waals surface area contributed by atoms with Gasteiger partial charge in [0.2, 0.25) is 0 Å². The Hall–Kier alpha value is -0.820. The summed E-state index contributed by atoms with van der Waals surface area (Å²) >= 11 is 0. The fourth-order valence-corrected chi connectivity index (χ4v) is 3.71. The fraction of sp³-hybridized carbons (Fsp3) is 0.684. The normalized spacial score (nSPS) is 20.0. The zero-order valence-electron chi connectivity index (χ0n) is 13.4. The van der Waals surface area contributed by atoms with Gasteiger partial charge in [0, 0.05) is 12.1 Å². The van der Waals surface area contributed by atoms with Crippen molar-refractivity contribution in [2.24, 2.45) is 11.8 Å². The molecule has 1 saturated carbocycles. The van der Waals surface area contributed by atoms with Crippen molar-refractivity contribution in [3.8, 4) is 0 Å². The molecule has 0 saturated heterocycles. The van der Waals surface area contributed by atoms with Crippen LogP contribution in [0.15, 0.2) is 30.3 Å². The van der Waals surface area contributed by atoms with E-state index in [0.29, 0.717) is 12.1 Å². The van der Waals surface area contributed by atoms with E-state index in [0.717, 1.165) is 11.8 Å². The van der Waals surface area contributed by atoms with E-state index in [-0.39, 0.29) is 0 Å². The molecule has 0 amide bonds. The van der Waals surface area contributed by atoms with E-state index in [1.54, 1.807) is 0 Å². The van der Waals surface area contributed by atoms with E-state index in [2.05, 4.69) is 56.4 Å². The van der Waals surface area contributed by atoms with Gasteiger partial charge in [0.05, 0.1) is 0 Å². The summed E-state index contributed by atoms with van der Waals surface area (Å²) in [4.78, 5) is 0. The Labute approximate surface area is 125 Å². The maximum absolute atomic E-state index is 3.93. The minimum Gasteiger partial charge on any atom is -0.307 e. The number of nitrogens with one attached hydrogen (secondary N) is 1. The highest BCUT2D eigenvalue weighted by atomic mass is 15.0. The molecule has 20 heavy (non-hydrogen) atoms. The van der Waals surface area contributed by atoms with E-state index in [1.165, 1.54) is 44.1 Å². The summed E-state index contributed by atoms with van der Waals surface area (Å²) in [6, 6.07) is 12.2. The summed E-state index contributed by atoms with van der Waals surface area (Å²) in [5, 5.41) is 3.93. The van der Waals surface area contributed by atoms with Gasteiger partial charge in [0.25, 0.3) is 0 Å². The lowest BCUT2D eigenvalue weighted by atomic mass is 9.80. The van der Waals surface area contributed by atoms with Crippen molar-refractivity contribution < 1.29 is 0 Å². The minimum atomic E-state index is 0.547. The van der Waals surface area contributed by atoms with E-state index in [1.807, 2.05) is 0 Å². The molecule has 1 aromatic carbocycles. The molecule has 2 unspecified atom stereocenters. The van der Waals surface area contributed by atoms with E-state index < -0.39 is 0 Å². The number of hydrogen-bond acceptors (Lipinski definition) is 1. The van der Waals surface area contributed by atoms with Crippen LogP contribution in [0.3, 0.4) is 0 Å². The molecule has 1 nitrogen and oxygen atoms in total. The van der Waals surface area contributed by atoms with Crippen LogP contribution in [0.5, 0.6) is 0 Å². The topological polar surface area (TPSA) is 12.0 Å². The maximum Gasteiger partial charge on any atom is 0.0350 e. The average molecular weight is 273 g/mol. The van der Waals surface area contributed by atoms with Gasteiger partial charge in [-0.05, 0) is 43.6 Å². The van der Waals surface area contributed by atoms with Gasteiger partial charge in [-0.25, -0.2) is 0 Å². The number of hydrogen-bond donors (Lipinski definition) is 1. The maximum atomic E-state index is 3.93. The van der Waals surface area contributed by atoms with Crippen molar-refractivity contribution in [1.29, 1.82) is 0 Å². The molecule has 0 heterocycles.